The summed E-state index contributed by atoms with van der Waals surface area (Å²) < 4.78 is 14.8. The summed E-state index contributed by atoms with van der Waals surface area (Å²) in [5.74, 6) is 0.757. The minimum atomic E-state index is -0.282. The van der Waals surface area contributed by atoms with Crippen molar-refractivity contribution in [1.82, 2.24) is 19.7 Å². The Balaban J connectivity index is 1.91. The first-order valence-electron chi connectivity index (χ1n) is 7.13. The molecule has 0 fully saturated rings. The van der Waals surface area contributed by atoms with Crippen LogP contribution in [0, 0.1) is 12.7 Å². The Labute approximate surface area is 139 Å². The van der Waals surface area contributed by atoms with E-state index in [9.17, 15) is 9.18 Å². The molecule has 1 aromatic carbocycles. The number of nitrogens with zero attached hydrogens (tertiary/aromatic N) is 4. The van der Waals surface area contributed by atoms with Crippen molar-refractivity contribution < 1.29 is 9.18 Å². The van der Waals surface area contributed by atoms with E-state index >= 15 is 0 Å². The predicted octanol–water partition coefficient (Wildman–Crippen LogP) is 2.66. The van der Waals surface area contributed by atoms with Gasteiger partial charge < -0.3 is 9.47 Å². The van der Waals surface area contributed by atoms with Gasteiger partial charge in [0, 0.05) is 20.1 Å². The maximum atomic E-state index is 12.9. The Bertz CT molecular complexity index is 684. The number of carbonyl (C=O) groups excluding carboxylic acids is 1. The third-order valence-electron chi connectivity index (χ3n) is 3.30. The van der Waals surface area contributed by atoms with Crippen molar-refractivity contribution in [2.24, 2.45) is 0 Å². The van der Waals surface area contributed by atoms with Crippen LogP contribution in [-0.2, 0) is 17.9 Å². The molecule has 5 nitrogen and oxygen atoms in total. The summed E-state index contributed by atoms with van der Waals surface area (Å²) in [6, 6.07) is 6.14. The van der Waals surface area contributed by atoms with Gasteiger partial charge in [-0.15, -0.1) is 16.8 Å². The largest absolute Gasteiger partial charge is 0.341 e. The first kappa shape index (κ1) is 17.2. The van der Waals surface area contributed by atoms with E-state index < -0.39 is 0 Å². The van der Waals surface area contributed by atoms with Gasteiger partial charge in [0.2, 0.25) is 5.91 Å². The molecule has 0 spiro atoms. The normalized spacial score (nSPS) is 10.6. The van der Waals surface area contributed by atoms with Gasteiger partial charge in [-0.2, -0.15) is 0 Å². The van der Waals surface area contributed by atoms with Crippen molar-refractivity contribution in [1.29, 1.82) is 0 Å². The van der Waals surface area contributed by atoms with E-state index in [0.717, 1.165) is 11.4 Å². The van der Waals surface area contributed by atoms with E-state index in [1.807, 2.05) is 11.5 Å². The molecule has 0 saturated carbocycles. The van der Waals surface area contributed by atoms with Crippen molar-refractivity contribution >= 4 is 17.7 Å². The van der Waals surface area contributed by atoms with E-state index in [4.69, 9.17) is 0 Å². The van der Waals surface area contributed by atoms with E-state index in [1.165, 1.54) is 23.9 Å². The van der Waals surface area contributed by atoms with Gasteiger partial charge in [0.05, 0.1) is 5.75 Å². The first-order valence-corrected chi connectivity index (χ1v) is 8.11. The van der Waals surface area contributed by atoms with Gasteiger partial charge in [0.1, 0.15) is 11.6 Å². The smallest absolute Gasteiger partial charge is 0.233 e. The van der Waals surface area contributed by atoms with E-state index in [2.05, 4.69) is 16.8 Å². The molecule has 0 bridgehead atoms. The minimum Gasteiger partial charge on any atom is -0.341 e. The number of allylic oxidation sites excluding steroid dienone is 1. The molecule has 2 aromatic rings. The van der Waals surface area contributed by atoms with Crippen LogP contribution in [0.5, 0.6) is 0 Å². The highest BCUT2D eigenvalue weighted by atomic mass is 32.2. The van der Waals surface area contributed by atoms with Gasteiger partial charge in [-0.25, -0.2) is 4.39 Å². The second-order valence-electron chi connectivity index (χ2n) is 5.09. The van der Waals surface area contributed by atoms with Crippen LogP contribution in [0.2, 0.25) is 0 Å². The molecule has 23 heavy (non-hydrogen) atoms. The van der Waals surface area contributed by atoms with Crippen LogP contribution in [0.3, 0.4) is 0 Å². The molecular weight excluding hydrogens is 315 g/mol. The number of hydrogen-bond acceptors (Lipinski definition) is 4. The number of amides is 1. The van der Waals surface area contributed by atoms with Gasteiger partial charge >= 0.3 is 0 Å². The summed E-state index contributed by atoms with van der Waals surface area (Å²) in [6.45, 7) is 6.63. The van der Waals surface area contributed by atoms with Crippen LogP contribution in [0.15, 0.2) is 42.1 Å². The summed E-state index contributed by atoms with van der Waals surface area (Å²) >= 11 is 1.35. The average molecular weight is 334 g/mol. The lowest BCUT2D eigenvalue weighted by Gasteiger charge is -2.17. The van der Waals surface area contributed by atoms with Crippen molar-refractivity contribution in [2.45, 2.75) is 25.2 Å². The zero-order chi connectivity index (χ0) is 16.8. The lowest BCUT2D eigenvalue weighted by Crippen LogP contribution is -2.27. The fourth-order valence-corrected chi connectivity index (χ4v) is 2.93. The molecule has 2 rings (SSSR count). The number of aryl methyl sites for hydroxylation is 1. The fraction of sp³-hybridized carbons (Fsp3) is 0.312. The Morgan fingerprint density at radius 3 is 2.74 bits per heavy atom. The number of carbonyl (C=O) groups is 1. The van der Waals surface area contributed by atoms with Crippen LogP contribution >= 0.6 is 11.8 Å². The summed E-state index contributed by atoms with van der Waals surface area (Å²) in [7, 11) is 1.73. The zero-order valence-corrected chi connectivity index (χ0v) is 14.0. The summed E-state index contributed by atoms with van der Waals surface area (Å²) in [4.78, 5) is 13.8. The Morgan fingerprint density at radius 1 is 1.39 bits per heavy atom. The third kappa shape index (κ3) is 4.66. The van der Waals surface area contributed by atoms with E-state index in [1.54, 1.807) is 30.2 Å². The molecule has 0 aliphatic carbocycles. The Morgan fingerprint density at radius 2 is 2.09 bits per heavy atom. The molecular formula is C16H19FN4OS. The second-order valence-corrected chi connectivity index (χ2v) is 6.04. The van der Waals surface area contributed by atoms with Crippen molar-refractivity contribution in [3.63, 3.8) is 0 Å². The van der Waals surface area contributed by atoms with Crippen molar-refractivity contribution in [2.75, 3.05) is 12.8 Å². The third-order valence-corrected chi connectivity index (χ3v) is 4.25. The molecule has 7 heteroatoms. The SMILES string of the molecule is C=CCn1c(C)nnc1SCC(=O)N(C)Cc1ccc(F)cc1. The molecule has 1 amide bonds. The number of aromatic nitrogens is 3. The maximum absolute atomic E-state index is 12.9. The zero-order valence-electron chi connectivity index (χ0n) is 13.2. The molecule has 0 N–H and O–H groups in total. The highest BCUT2D eigenvalue weighted by molar-refractivity contribution is 7.99. The van der Waals surface area contributed by atoms with Crippen LogP contribution in [-0.4, -0.2) is 38.4 Å². The Hall–Kier alpha value is -2.15. The second kappa shape index (κ2) is 7.92. The van der Waals surface area contributed by atoms with E-state index in [0.29, 0.717) is 18.2 Å². The van der Waals surface area contributed by atoms with Gasteiger partial charge in [-0.1, -0.05) is 30.0 Å². The number of benzene rings is 1. The number of rotatable bonds is 7. The highest BCUT2D eigenvalue weighted by Crippen LogP contribution is 2.17. The molecule has 0 unspecified atom stereocenters. The first-order chi connectivity index (χ1) is 11.0. The molecule has 1 aromatic heterocycles. The van der Waals surface area contributed by atoms with Crippen LogP contribution in [0.25, 0.3) is 0 Å². The fourth-order valence-electron chi connectivity index (χ4n) is 2.00. The summed E-state index contributed by atoms with van der Waals surface area (Å²) in [5, 5.41) is 8.79. The standard InChI is InChI=1S/C16H19FN4OS/c1-4-9-21-12(2)18-19-16(21)23-11-15(22)20(3)10-13-5-7-14(17)8-6-13/h4-8H,1,9-11H2,2-3H3. The number of hydrogen-bond donors (Lipinski definition) is 0. The van der Waals surface area contributed by atoms with Crippen molar-refractivity contribution in [3.05, 3.63) is 54.1 Å². The van der Waals surface area contributed by atoms with Crippen molar-refractivity contribution in [3.8, 4) is 0 Å². The molecule has 0 aliphatic heterocycles. The molecule has 0 aliphatic rings. The summed E-state index contributed by atoms with van der Waals surface area (Å²) in [5.41, 5.74) is 0.887. The molecule has 0 saturated heterocycles. The van der Waals surface area contributed by atoms with Gasteiger partial charge in [-0.05, 0) is 24.6 Å². The topological polar surface area (TPSA) is 51.0 Å². The van der Waals surface area contributed by atoms with Crippen LogP contribution < -0.4 is 0 Å². The monoisotopic (exact) mass is 334 g/mol. The predicted molar refractivity (Wildman–Crippen MR) is 88.6 cm³/mol. The lowest BCUT2D eigenvalue weighted by molar-refractivity contribution is -0.127. The molecule has 122 valence electrons. The molecule has 0 atom stereocenters. The molecule has 1 heterocycles. The van der Waals surface area contributed by atoms with Gasteiger partial charge in [0.15, 0.2) is 5.16 Å². The summed E-state index contributed by atoms with van der Waals surface area (Å²) in [6.07, 6.45) is 1.77. The van der Waals surface area contributed by atoms with Crippen LogP contribution in [0.1, 0.15) is 11.4 Å². The van der Waals surface area contributed by atoms with E-state index in [-0.39, 0.29) is 17.5 Å². The molecule has 0 radical (unpaired) electrons. The highest BCUT2D eigenvalue weighted by Gasteiger charge is 2.14. The number of thioether (sulfide) groups is 1. The van der Waals surface area contributed by atoms with Crippen LogP contribution in [0.4, 0.5) is 4.39 Å². The van der Waals surface area contributed by atoms with Gasteiger partial charge in [0.25, 0.3) is 0 Å². The van der Waals surface area contributed by atoms with Gasteiger partial charge in [-0.3, -0.25) is 4.79 Å². The lowest BCUT2D eigenvalue weighted by atomic mass is 10.2. The number of halogens is 1. The average Bonchev–Trinajstić information content (AvgIpc) is 2.88. The maximum Gasteiger partial charge on any atom is 0.233 e. The minimum absolute atomic E-state index is 0.0230. The Kier molecular flexibility index (Phi) is 5.92. The quantitative estimate of drug-likeness (QED) is 0.577.